The van der Waals surface area contributed by atoms with Gasteiger partial charge in [0, 0.05) is 27.3 Å². The second kappa shape index (κ2) is 6.65. The van der Waals surface area contributed by atoms with Crippen molar-refractivity contribution in [2.24, 2.45) is 7.05 Å². The smallest absolute Gasteiger partial charge is 0.282 e. The molecule has 6 heteroatoms. The molecule has 0 aliphatic carbocycles. The molecule has 1 rings (SSSR count). The maximum absolute atomic E-state index is 11.5. The molecule has 1 aromatic rings. The molecule has 1 N–H and O–H groups in total. The highest BCUT2D eigenvalue weighted by atomic mass is 79.9. The van der Waals surface area contributed by atoms with E-state index in [-0.39, 0.29) is 5.56 Å². The molecular weight excluding hydrogens is 274 g/mol. The molecule has 0 radical (unpaired) electrons. The maximum Gasteiger partial charge on any atom is 0.282 e. The van der Waals surface area contributed by atoms with E-state index < -0.39 is 0 Å². The third-order valence-corrected chi connectivity index (χ3v) is 2.94. The highest BCUT2D eigenvalue weighted by molar-refractivity contribution is 9.10. The number of aromatic nitrogens is 2. The van der Waals surface area contributed by atoms with Gasteiger partial charge in [-0.15, -0.1) is 0 Å². The number of rotatable bonds is 6. The fourth-order valence-electron chi connectivity index (χ4n) is 1.23. The lowest BCUT2D eigenvalue weighted by Gasteiger charge is -2.08. The van der Waals surface area contributed by atoms with E-state index in [1.54, 1.807) is 20.4 Å². The van der Waals surface area contributed by atoms with Crippen LogP contribution in [0.4, 0.5) is 5.69 Å². The van der Waals surface area contributed by atoms with Crippen molar-refractivity contribution in [1.29, 1.82) is 0 Å². The van der Waals surface area contributed by atoms with Crippen LogP contribution in [0.3, 0.4) is 0 Å². The van der Waals surface area contributed by atoms with E-state index in [0.29, 0.717) is 4.47 Å². The van der Waals surface area contributed by atoms with Gasteiger partial charge in [0.2, 0.25) is 0 Å². The molecule has 16 heavy (non-hydrogen) atoms. The lowest BCUT2D eigenvalue weighted by Crippen LogP contribution is -2.21. The van der Waals surface area contributed by atoms with Gasteiger partial charge < -0.3 is 10.1 Å². The normalized spacial score (nSPS) is 10.4. The summed E-state index contributed by atoms with van der Waals surface area (Å²) >= 11 is 3.25. The van der Waals surface area contributed by atoms with Crippen molar-refractivity contribution in [2.75, 3.05) is 25.6 Å². The topological polar surface area (TPSA) is 56.1 Å². The van der Waals surface area contributed by atoms with Crippen LogP contribution >= 0.6 is 15.9 Å². The second-order valence-corrected chi connectivity index (χ2v) is 4.22. The predicted molar refractivity (Wildman–Crippen MR) is 66.8 cm³/mol. The fraction of sp³-hybridized carbons (Fsp3) is 0.600. The van der Waals surface area contributed by atoms with Crippen molar-refractivity contribution in [3.8, 4) is 0 Å². The van der Waals surface area contributed by atoms with Crippen LogP contribution < -0.4 is 10.9 Å². The lowest BCUT2D eigenvalue weighted by molar-refractivity contribution is 0.194. The number of hydrogen-bond donors (Lipinski definition) is 1. The standard InChI is InChI=1S/C10H16BrN3O2/c1-14-10(15)9(11)8(7-13-14)12-5-3-4-6-16-2/h7,12H,3-6H2,1-2H3. The van der Waals surface area contributed by atoms with Crippen molar-refractivity contribution in [2.45, 2.75) is 12.8 Å². The van der Waals surface area contributed by atoms with Gasteiger partial charge in [0.05, 0.1) is 11.9 Å². The first kappa shape index (κ1) is 13.2. The van der Waals surface area contributed by atoms with Crippen molar-refractivity contribution in [3.63, 3.8) is 0 Å². The second-order valence-electron chi connectivity index (χ2n) is 3.43. The highest BCUT2D eigenvalue weighted by Crippen LogP contribution is 2.15. The third-order valence-electron chi connectivity index (χ3n) is 2.17. The monoisotopic (exact) mass is 289 g/mol. The summed E-state index contributed by atoms with van der Waals surface area (Å²) in [4.78, 5) is 11.5. The quantitative estimate of drug-likeness (QED) is 0.804. The molecule has 5 nitrogen and oxygen atoms in total. The number of ether oxygens (including phenoxy) is 1. The Bertz CT molecular complexity index is 392. The summed E-state index contributed by atoms with van der Waals surface area (Å²) in [6, 6.07) is 0. The molecule has 0 bridgehead atoms. The van der Waals surface area contributed by atoms with Crippen LogP contribution in [0.1, 0.15) is 12.8 Å². The molecule has 0 saturated heterocycles. The van der Waals surface area contributed by atoms with Crippen LogP contribution in [-0.2, 0) is 11.8 Å². The molecule has 1 aromatic heterocycles. The van der Waals surface area contributed by atoms with Gasteiger partial charge in [0.1, 0.15) is 4.47 Å². The number of nitrogens with one attached hydrogen (secondary N) is 1. The number of nitrogens with zero attached hydrogens (tertiary/aromatic N) is 2. The molecule has 0 unspecified atom stereocenters. The minimum Gasteiger partial charge on any atom is -0.385 e. The van der Waals surface area contributed by atoms with Gasteiger partial charge >= 0.3 is 0 Å². The molecule has 0 atom stereocenters. The minimum absolute atomic E-state index is 0.137. The van der Waals surface area contributed by atoms with Gasteiger partial charge in [-0.25, -0.2) is 4.68 Å². The van der Waals surface area contributed by atoms with E-state index in [1.807, 2.05) is 0 Å². The summed E-state index contributed by atoms with van der Waals surface area (Å²) in [6.45, 7) is 1.56. The summed E-state index contributed by atoms with van der Waals surface area (Å²) < 4.78 is 6.77. The van der Waals surface area contributed by atoms with E-state index >= 15 is 0 Å². The van der Waals surface area contributed by atoms with Crippen LogP contribution in [0.15, 0.2) is 15.5 Å². The van der Waals surface area contributed by atoms with Crippen molar-refractivity contribution >= 4 is 21.6 Å². The third kappa shape index (κ3) is 3.61. The van der Waals surface area contributed by atoms with Crippen molar-refractivity contribution < 1.29 is 4.74 Å². The van der Waals surface area contributed by atoms with E-state index in [0.717, 1.165) is 31.7 Å². The van der Waals surface area contributed by atoms with Crippen LogP contribution in [-0.4, -0.2) is 30.0 Å². The molecule has 0 amide bonds. The molecular formula is C10H16BrN3O2. The van der Waals surface area contributed by atoms with Gasteiger partial charge in [-0.3, -0.25) is 4.79 Å². The van der Waals surface area contributed by atoms with Gasteiger partial charge in [-0.2, -0.15) is 5.10 Å². The van der Waals surface area contributed by atoms with E-state index in [2.05, 4.69) is 26.3 Å². The Morgan fingerprint density at radius 2 is 2.31 bits per heavy atom. The van der Waals surface area contributed by atoms with E-state index in [9.17, 15) is 4.79 Å². The van der Waals surface area contributed by atoms with Crippen LogP contribution in [0, 0.1) is 0 Å². The molecule has 0 saturated carbocycles. The van der Waals surface area contributed by atoms with Gasteiger partial charge in [-0.1, -0.05) is 0 Å². The summed E-state index contributed by atoms with van der Waals surface area (Å²) in [5.74, 6) is 0. The average Bonchev–Trinajstić information content (AvgIpc) is 2.28. The van der Waals surface area contributed by atoms with Crippen LogP contribution in [0.5, 0.6) is 0 Å². The summed E-state index contributed by atoms with van der Waals surface area (Å²) in [6.07, 6.45) is 3.64. The summed E-state index contributed by atoms with van der Waals surface area (Å²) in [5, 5.41) is 7.10. The zero-order valence-corrected chi connectivity index (χ0v) is 11.1. The van der Waals surface area contributed by atoms with E-state index in [1.165, 1.54) is 4.68 Å². The first-order chi connectivity index (χ1) is 7.66. The van der Waals surface area contributed by atoms with Gasteiger partial charge in [0.15, 0.2) is 0 Å². The Kier molecular flexibility index (Phi) is 5.48. The van der Waals surface area contributed by atoms with Crippen LogP contribution in [0.25, 0.3) is 0 Å². The fourth-order valence-corrected chi connectivity index (χ4v) is 1.73. The molecule has 1 heterocycles. The number of methoxy groups -OCH3 is 1. The molecule has 0 aliphatic heterocycles. The molecule has 0 spiro atoms. The van der Waals surface area contributed by atoms with Crippen molar-refractivity contribution in [3.05, 3.63) is 21.0 Å². The molecule has 0 aliphatic rings. The SMILES string of the molecule is COCCCCNc1cnn(C)c(=O)c1Br. The zero-order chi connectivity index (χ0) is 12.0. The maximum atomic E-state index is 11.5. The number of aryl methyl sites for hydroxylation is 1. The Labute approximate surface area is 103 Å². The number of anilines is 1. The van der Waals surface area contributed by atoms with Gasteiger partial charge in [0.25, 0.3) is 5.56 Å². The van der Waals surface area contributed by atoms with Gasteiger partial charge in [-0.05, 0) is 28.8 Å². The minimum atomic E-state index is -0.137. The average molecular weight is 290 g/mol. The van der Waals surface area contributed by atoms with Crippen molar-refractivity contribution in [1.82, 2.24) is 9.78 Å². The number of hydrogen-bond acceptors (Lipinski definition) is 4. The predicted octanol–water partition coefficient (Wildman–Crippen LogP) is 1.38. The summed E-state index contributed by atoms with van der Waals surface area (Å²) in [7, 11) is 3.31. The molecule has 90 valence electrons. The lowest BCUT2D eigenvalue weighted by atomic mass is 10.3. The Balaban J connectivity index is 2.49. The first-order valence-corrected chi connectivity index (χ1v) is 5.90. The number of unbranched alkanes of at least 4 members (excludes halogenated alkanes) is 1. The molecule has 0 fully saturated rings. The Morgan fingerprint density at radius 3 is 3.00 bits per heavy atom. The first-order valence-electron chi connectivity index (χ1n) is 5.11. The number of halogens is 1. The Morgan fingerprint density at radius 1 is 1.56 bits per heavy atom. The largest absolute Gasteiger partial charge is 0.385 e. The Hall–Kier alpha value is -0.880. The van der Waals surface area contributed by atoms with Crippen LogP contribution in [0.2, 0.25) is 0 Å². The summed E-state index contributed by atoms with van der Waals surface area (Å²) in [5.41, 5.74) is 0.599. The zero-order valence-electron chi connectivity index (χ0n) is 9.49. The highest BCUT2D eigenvalue weighted by Gasteiger charge is 2.05. The van der Waals surface area contributed by atoms with E-state index in [4.69, 9.17) is 4.74 Å². The molecule has 0 aromatic carbocycles.